The summed E-state index contributed by atoms with van der Waals surface area (Å²) < 4.78 is 0. The van der Waals surface area contributed by atoms with Gasteiger partial charge in [0, 0.05) is 22.7 Å². The van der Waals surface area contributed by atoms with Crippen LogP contribution in [0.25, 0.3) is 0 Å². The van der Waals surface area contributed by atoms with Crippen LogP contribution in [0.2, 0.25) is 0 Å². The van der Waals surface area contributed by atoms with Crippen LogP contribution in [-0.2, 0) is 9.59 Å². The number of hydrogen-bond acceptors (Lipinski definition) is 2. The third-order valence-corrected chi connectivity index (χ3v) is 3.06. The fourth-order valence-electron chi connectivity index (χ4n) is 1.82. The Kier molecular flexibility index (Phi) is 4.49. The van der Waals surface area contributed by atoms with E-state index >= 15 is 0 Å². The van der Waals surface area contributed by atoms with Gasteiger partial charge in [-0.25, -0.2) is 0 Å². The zero-order valence-corrected chi connectivity index (χ0v) is 12.0. The van der Waals surface area contributed by atoms with Crippen LogP contribution in [0.5, 0.6) is 0 Å². The van der Waals surface area contributed by atoms with Crippen LogP contribution in [0.1, 0.15) is 55.4 Å². The SMILES string of the molecule is C[C@H](C(=O)C(C)(C)C)[C@H](C)C(=O)C(C)(C)C. The molecule has 0 aromatic heterocycles. The molecule has 0 N–H and O–H groups in total. The minimum absolute atomic E-state index is 0.164. The van der Waals surface area contributed by atoms with Crippen molar-refractivity contribution < 1.29 is 9.59 Å². The number of carbonyl (C=O) groups is 2. The van der Waals surface area contributed by atoms with Gasteiger partial charge in [0.15, 0.2) is 0 Å². The summed E-state index contributed by atoms with van der Waals surface area (Å²) in [5.41, 5.74) is -0.738. The lowest BCUT2D eigenvalue weighted by Crippen LogP contribution is -2.37. The molecule has 0 unspecified atom stereocenters. The van der Waals surface area contributed by atoms with Crippen LogP contribution < -0.4 is 0 Å². The molecule has 0 heterocycles. The molecule has 0 aliphatic rings. The highest BCUT2D eigenvalue weighted by Crippen LogP contribution is 2.29. The van der Waals surface area contributed by atoms with Gasteiger partial charge in [-0.15, -0.1) is 0 Å². The van der Waals surface area contributed by atoms with E-state index in [-0.39, 0.29) is 34.2 Å². The van der Waals surface area contributed by atoms with Gasteiger partial charge in [0.2, 0.25) is 0 Å². The smallest absolute Gasteiger partial charge is 0.141 e. The maximum atomic E-state index is 12.1. The average molecular weight is 226 g/mol. The van der Waals surface area contributed by atoms with Gasteiger partial charge in [0.05, 0.1) is 0 Å². The second-order valence-corrected chi connectivity index (χ2v) is 6.81. The summed E-state index contributed by atoms with van der Waals surface area (Å²) >= 11 is 0. The first-order valence-electron chi connectivity index (χ1n) is 5.97. The minimum atomic E-state index is -0.369. The van der Waals surface area contributed by atoms with Crippen molar-refractivity contribution in [3.63, 3.8) is 0 Å². The maximum Gasteiger partial charge on any atom is 0.141 e. The second-order valence-electron chi connectivity index (χ2n) is 6.81. The largest absolute Gasteiger partial charge is 0.299 e. The molecule has 0 spiro atoms. The predicted octanol–water partition coefficient (Wildman–Crippen LogP) is 3.49. The number of carbonyl (C=O) groups excluding carboxylic acids is 2. The fourth-order valence-corrected chi connectivity index (χ4v) is 1.82. The second kappa shape index (κ2) is 4.68. The van der Waals surface area contributed by atoms with E-state index < -0.39 is 0 Å². The lowest BCUT2D eigenvalue weighted by molar-refractivity contribution is -0.139. The van der Waals surface area contributed by atoms with Crippen molar-refractivity contribution in [2.75, 3.05) is 0 Å². The van der Waals surface area contributed by atoms with Crippen LogP contribution in [-0.4, -0.2) is 11.6 Å². The highest BCUT2D eigenvalue weighted by molar-refractivity contribution is 5.93. The Hall–Kier alpha value is -0.660. The summed E-state index contributed by atoms with van der Waals surface area (Å²) in [6, 6.07) is 0. The van der Waals surface area contributed by atoms with Crippen molar-refractivity contribution in [2.45, 2.75) is 55.4 Å². The Balaban J connectivity index is 4.83. The van der Waals surface area contributed by atoms with E-state index in [1.165, 1.54) is 0 Å². The van der Waals surface area contributed by atoms with E-state index in [9.17, 15) is 9.59 Å². The molecule has 0 amide bonds. The van der Waals surface area contributed by atoms with Crippen LogP contribution in [0.4, 0.5) is 0 Å². The maximum absolute atomic E-state index is 12.1. The third-order valence-electron chi connectivity index (χ3n) is 3.06. The van der Waals surface area contributed by atoms with E-state index in [2.05, 4.69) is 0 Å². The van der Waals surface area contributed by atoms with E-state index in [0.29, 0.717) is 0 Å². The summed E-state index contributed by atoms with van der Waals surface area (Å²) in [4.78, 5) is 24.2. The number of ketones is 2. The molecule has 0 radical (unpaired) electrons. The molecule has 0 aliphatic carbocycles. The van der Waals surface area contributed by atoms with Gasteiger partial charge in [-0.2, -0.15) is 0 Å². The zero-order chi connectivity index (χ0) is 13.3. The van der Waals surface area contributed by atoms with Crippen LogP contribution >= 0.6 is 0 Å². The molecule has 0 aromatic carbocycles. The summed E-state index contributed by atoms with van der Waals surface area (Å²) in [5.74, 6) is -0.0753. The molecule has 0 fully saturated rings. The molecule has 0 bridgehead atoms. The Morgan fingerprint density at radius 2 is 0.875 bits per heavy atom. The number of rotatable bonds is 3. The molecular weight excluding hydrogens is 200 g/mol. The molecule has 0 saturated carbocycles. The highest BCUT2D eigenvalue weighted by atomic mass is 16.1. The van der Waals surface area contributed by atoms with E-state index in [4.69, 9.17) is 0 Å². The Morgan fingerprint density at radius 1 is 0.688 bits per heavy atom. The summed E-state index contributed by atoms with van der Waals surface area (Å²) in [7, 11) is 0. The van der Waals surface area contributed by atoms with Gasteiger partial charge in [-0.3, -0.25) is 9.59 Å². The zero-order valence-electron chi connectivity index (χ0n) is 12.0. The number of Topliss-reactive ketones (excluding diaryl/α,β-unsaturated/α-hetero) is 2. The van der Waals surface area contributed by atoms with Crippen LogP contribution in [0.3, 0.4) is 0 Å². The summed E-state index contributed by atoms with van der Waals surface area (Å²) in [6.45, 7) is 15.1. The topological polar surface area (TPSA) is 34.1 Å². The van der Waals surface area contributed by atoms with E-state index in [1.807, 2.05) is 55.4 Å². The number of hydrogen-bond donors (Lipinski definition) is 0. The van der Waals surface area contributed by atoms with Gasteiger partial charge in [0.25, 0.3) is 0 Å². The molecule has 0 rings (SSSR count). The molecule has 2 atom stereocenters. The fraction of sp³-hybridized carbons (Fsp3) is 0.857. The first kappa shape index (κ1) is 15.3. The van der Waals surface area contributed by atoms with Crippen molar-refractivity contribution in [1.82, 2.24) is 0 Å². The standard InChI is InChI=1S/C14H26O2/c1-9(11(15)13(3,4)5)10(2)12(16)14(6,7)8/h9-10H,1-8H3/t9-,10-/m0/s1. The molecular formula is C14H26O2. The lowest BCUT2D eigenvalue weighted by atomic mass is 9.73. The normalized spacial score (nSPS) is 16.8. The van der Waals surface area contributed by atoms with Gasteiger partial charge in [0.1, 0.15) is 11.6 Å². The van der Waals surface area contributed by atoms with Crippen molar-refractivity contribution in [3.05, 3.63) is 0 Å². The van der Waals surface area contributed by atoms with Gasteiger partial charge in [-0.1, -0.05) is 55.4 Å². The minimum Gasteiger partial charge on any atom is -0.299 e. The van der Waals surface area contributed by atoms with Crippen LogP contribution in [0, 0.1) is 22.7 Å². The first-order valence-corrected chi connectivity index (χ1v) is 5.97. The first-order chi connectivity index (χ1) is 6.89. The van der Waals surface area contributed by atoms with E-state index in [1.54, 1.807) is 0 Å². The van der Waals surface area contributed by atoms with Crippen molar-refractivity contribution in [3.8, 4) is 0 Å². The van der Waals surface area contributed by atoms with Gasteiger partial charge in [-0.05, 0) is 0 Å². The molecule has 2 nitrogen and oxygen atoms in total. The molecule has 2 heteroatoms. The highest BCUT2D eigenvalue weighted by Gasteiger charge is 2.36. The third kappa shape index (κ3) is 3.73. The predicted molar refractivity (Wildman–Crippen MR) is 67.3 cm³/mol. The molecule has 0 aliphatic heterocycles. The monoisotopic (exact) mass is 226 g/mol. The average Bonchev–Trinajstić information content (AvgIpc) is 2.10. The lowest BCUT2D eigenvalue weighted by Gasteiger charge is -2.29. The summed E-state index contributed by atoms with van der Waals surface area (Å²) in [6.07, 6.45) is 0. The van der Waals surface area contributed by atoms with E-state index in [0.717, 1.165) is 0 Å². The summed E-state index contributed by atoms with van der Waals surface area (Å²) in [5, 5.41) is 0. The Morgan fingerprint density at radius 3 is 1.00 bits per heavy atom. The Labute approximate surface area is 99.8 Å². The van der Waals surface area contributed by atoms with Crippen molar-refractivity contribution in [2.24, 2.45) is 22.7 Å². The van der Waals surface area contributed by atoms with Gasteiger partial charge >= 0.3 is 0 Å². The van der Waals surface area contributed by atoms with Crippen molar-refractivity contribution >= 4 is 11.6 Å². The molecule has 16 heavy (non-hydrogen) atoms. The quantitative estimate of drug-likeness (QED) is 0.738. The molecule has 0 aromatic rings. The van der Waals surface area contributed by atoms with Crippen LogP contribution in [0.15, 0.2) is 0 Å². The Bertz CT molecular complexity index is 246. The molecule has 0 saturated heterocycles. The van der Waals surface area contributed by atoms with Gasteiger partial charge < -0.3 is 0 Å². The molecule has 94 valence electrons. The van der Waals surface area contributed by atoms with Crippen molar-refractivity contribution in [1.29, 1.82) is 0 Å².